The van der Waals surface area contributed by atoms with E-state index in [0.717, 1.165) is 6.07 Å². The molecular formula is C17H20F3N3O2. The molecule has 0 N–H and O–H groups in total. The highest BCUT2D eigenvalue weighted by Gasteiger charge is 2.32. The molecule has 2 aliphatic rings. The molecule has 1 saturated heterocycles. The Hall–Kier alpha value is -2.25. The first-order valence-electron chi connectivity index (χ1n) is 8.30. The molecule has 0 spiro atoms. The van der Waals surface area contributed by atoms with Gasteiger partial charge in [-0.15, -0.1) is 0 Å². The number of rotatable bonds is 3. The Kier molecular flexibility index (Phi) is 4.87. The van der Waals surface area contributed by atoms with E-state index in [0.29, 0.717) is 26.2 Å². The first-order valence-corrected chi connectivity index (χ1v) is 8.30. The summed E-state index contributed by atoms with van der Waals surface area (Å²) in [5.41, 5.74) is -0.249. The van der Waals surface area contributed by atoms with Crippen molar-refractivity contribution in [3.8, 4) is 0 Å². The Balaban J connectivity index is 1.97. The zero-order valence-corrected chi connectivity index (χ0v) is 14.0. The smallest absolute Gasteiger partial charge is 0.219 e. The Labute approximate surface area is 144 Å². The molecule has 2 heterocycles. The lowest BCUT2D eigenvalue weighted by Crippen LogP contribution is -2.48. The third-order valence-electron chi connectivity index (χ3n) is 4.79. The number of amides is 1. The van der Waals surface area contributed by atoms with E-state index in [9.17, 15) is 18.4 Å². The second-order valence-electron chi connectivity index (χ2n) is 6.26. The third kappa shape index (κ3) is 3.17. The number of piperazine rings is 1. The fourth-order valence-electron chi connectivity index (χ4n) is 3.46. The quantitative estimate of drug-likeness (QED) is 0.832. The number of ketones is 1. The maximum atomic E-state index is 15.1. The van der Waals surface area contributed by atoms with Gasteiger partial charge in [0, 0.05) is 58.2 Å². The maximum Gasteiger partial charge on any atom is 0.219 e. The molecule has 1 aromatic rings. The van der Waals surface area contributed by atoms with E-state index in [1.54, 1.807) is 4.90 Å². The van der Waals surface area contributed by atoms with Crippen LogP contribution >= 0.6 is 0 Å². The number of nitrogens with zero attached hydrogens (tertiary/aromatic N) is 3. The van der Waals surface area contributed by atoms with Gasteiger partial charge in [0.1, 0.15) is 18.2 Å². The summed E-state index contributed by atoms with van der Waals surface area (Å²) in [4.78, 5) is 28.0. The summed E-state index contributed by atoms with van der Waals surface area (Å²) in [5, 5.41) is 0. The number of alkyl halides is 1. The fourth-order valence-corrected chi connectivity index (χ4v) is 3.46. The lowest BCUT2D eigenvalue weighted by molar-refractivity contribution is -0.129. The molecule has 0 aliphatic carbocycles. The molecule has 0 atom stereocenters. The number of carbonyl (C=O) groups is 2. The van der Waals surface area contributed by atoms with E-state index >= 15 is 4.39 Å². The van der Waals surface area contributed by atoms with Gasteiger partial charge >= 0.3 is 0 Å². The van der Waals surface area contributed by atoms with Crippen molar-refractivity contribution in [1.29, 1.82) is 0 Å². The Morgan fingerprint density at radius 3 is 2.40 bits per heavy atom. The van der Waals surface area contributed by atoms with Crippen LogP contribution in [0.1, 0.15) is 23.7 Å². The van der Waals surface area contributed by atoms with Crippen molar-refractivity contribution in [3.63, 3.8) is 0 Å². The van der Waals surface area contributed by atoms with Crippen LogP contribution in [0.2, 0.25) is 0 Å². The largest absolute Gasteiger partial charge is 0.365 e. The van der Waals surface area contributed by atoms with Crippen molar-refractivity contribution in [2.24, 2.45) is 0 Å². The number of hydrogen-bond donors (Lipinski definition) is 0. The lowest BCUT2D eigenvalue weighted by atomic mass is 9.98. The van der Waals surface area contributed by atoms with Gasteiger partial charge in [-0.1, -0.05) is 0 Å². The Bertz CT molecular complexity index is 703. The molecule has 5 nitrogen and oxygen atoms in total. The molecule has 136 valence electrons. The van der Waals surface area contributed by atoms with Crippen molar-refractivity contribution >= 4 is 23.1 Å². The summed E-state index contributed by atoms with van der Waals surface area (Å²) in [7, 11) is 0. The van der Waals surface area contributed by atoms with E-state index in [1.807, 2.05) is 0 Å². The highest BCUT2D eigenvalue weighted by Crippen LogP contribution is 2.38. The molecule has 3 rings (SSSR count). The molecule has 1 aromatic carbocycles. The SMILES string of the molecule is CC(=O)N1CCN(c2c(F)cc3c(c2F)N(CCF)CCC3=O)CC1. The minimum absolute atomic E-state index is 0.0145. The molecule has 25 heavy (non-hydrogen) atoms. The van der Waals surface area contributed by atoms with Crippen molar-refractivity contribution in [2.45, 2.75) is 13.3 Å². The number of hydrogen-bond acceptors (Lipinski definition) is 4. The van der Waals surface area contributed by atoms with Crippen LogP contribution in [0.4, 0.5) is 24.5 Å². The third-order valence-corrected chi connectivity index (χ3v) is 4.79. The van der Waals surface area contributed by atoms with Crippen molar-refractivity contribution in [3.05, 3.63) is 23.3 Å². The van der Waals surface area contributed by atoms with Gasteiger partial charge in [0.2, 0.25) is 5.91 Å². The van der Waals surface area contributed by atoms with Crippen molar-refractivity contribution < 1.29 is 22.8 Å². The van der Waals surface area contributed by atoms with E-state index in [2.05, 4.69) is 0 Å². The van der Waals surface area contributed by atoms with Crippen LogP contribution in [0.25, 0.3) is 0 Å². The van der Waals surface area contributed by atoms with Crippen LogP contribution in [0.5, 0.6) is 0 Å². The first-order chi connectivity index (χ1) is 11.9. The van der Waals surface area contributed by atoms with Crippen LogP contribution in [-0.4, -0.2) is 62.5 Å². The molecule has 1 amide bonds. The molecule has 0 radical (unpaired) electrons. The van der Waals surface area contributed by atoms with Gasteiger partial charge in [-0.3, -0.25) is 9.59 Å². The predicted octanol–water partition coefficient (Wildman–Crippen LogP) is 2.00. The Morgan fingerprint density at radius 1 is 1.12 bits per heavy atom. The zero-order valence-electron chi connectivity index (χ0n) is 14.0. The number of anilines is 2. The fraction of sp³-hybridized carbons (Fsp3) is 0.529. The highest BCUT2D eigenvalue weighted by atomic mass is 19.1. The zero-order chi connectivity index (χ0) is 18.1. The summed E-state index contributed by atoms with van der Waals surface area (Å²) >= 11 is 0. The minimum atomic E-state index is -0.826. The van der Waals surface area contributed by atoms with Gasteiger partial charge in [-0.05, 0) is 6.07 Å². The van der Waals surface area contributed by atoms with E-state index in [4.69, 9.17) is 0 Å². The standard InChI is InChI=1S/C17H20F3N3O2/c1-11(24)21-6-8-23(9-7-21)17-13(19)10-12-14(25)2-4-22(5-3-18)16(12)15(17)20/h10H,2-9H2,1H3. The normalized spacial score (nSPS) is 17.8. The molecule has 2 aliphatic heterocycles. The molecule has 0 bridgehead atoms. The molecule has 0 aromatic heterocycles. The average Bonchev–Trinajstić information content (AvgIpc) is 2.58. The van der Waals surface area contributed by atoms with Gasteiger partial charge in [-0.2, -0.15) is 0 Å². The average molecular weight is 355 g/mol. The molecule has 0 unspecified atom stereocenters. The van der Waals surface area contributed by atoms with Crippen LogP contribution < -0.4 is 9.80 Å². The summed E-state index contributed by atoms with van der Waals surface area (Å²) in [6.07, 6.45) is 0.114. The van der Waals surface area contributed by atoms with Crippen molar-refractivity contribution in [2.75, 3.05) is 55.7 Å². The topological polar surface area (TPSA) is 43.9 Å². The van der Waals surface area contributed by atoms with Gasteiger partial charge in [0.05, 0.1) is 5.69 Å². The second kappa shape index (κ2) is 6.93. The summed E-state index contributed by atoms with van der Waals surface area (Å²) in [6, 6.07) is 1.05. The Morgan fingerprint density at radius 2 is 1.80 bits per heavy atom. The molecule has 8 heteroatoms. The van der Waals surface area contributed by atoms with Gasteiger partial charge in [0.15, 0.2) is 11.6 Å². The monoisotopic (exact) mass is 355 g/mol. The number of halogens is 3. The van der Waals surface area contributed by atoms with Crippen LogP contribution in [0, 0.1) is 11.6 Å². The predicted molar refractivity (Wildman–Crippen MR) is 88.0 cm³/mol. The number of carbonyl (C=O) groups excluding carboxylic acids is 2. The van der Waals surface area contributed by atoms with Crippen LogP contribution in [-0.2, 0) is 4.79 Å². The molecule has 1 fully saturated rings. The maximum absolute atomic E-state index is 15.1. The summed E-state index contributed by atoms with van der Waals surface area (Å²) in [6.45, 7) is 2.28. The number of benzene rings is 1. The van der Waals surface area contributed by atoms with Gasteiger partial charge < -0.3 is 14.7 Å². The number of Topliss-reactive ketones (excluding diaryl/α,β-unsaturated/α-hetero) is 1. The highest BCUT2D eigenvalue weighted by molar-refractivity contribution is 6.04. The lowest BCUT2D eigenvalue weighted by Gasteiger charge is -2.37. The summed E-state index contributed by atoms with van der Waals surface area (Å²) in [5.74, 6) is -2.04. The van der Waals surface area contributed by atoms with E-state index < -0.39 is 18.3 Å². The minimum Gasteiger partial charge on any atom is -0.365 e. The molecular weight excluding hydrogens is 335 g/mol. The second-order valence-corrected chi connectivity index (χ2v) is 6.26. The van der Waals surface area contributed by atoms with Crippen molar-refractivity contribution in [1.82, 2.24) is 4.90 Å². The van der Waals surface area contributed by atoms with E-state index in [-0.39, 0.29) is 48.1 Å². The van der Waals surface area contributed by atoms with Crippen LogP contribution in [0.15, 0.2) is 6.07 Å². The first kappa shape index (κ1) is 17.6. The van der Waals surface area contributed by atoms with Gasteiger partial charge in [0.25, 0.3) is 0 Å². The van der Waals surface area contributed by atoms with Crippen LogP contribution in [0.3, 0.4) is 0 Å². The van der Waals surface area contributed by atoms with Gasteiger partial charge in [-0.25, -0.2) is 13.2 Å². The molecule has 0 saturated carbocycles. The van der Waals surface area contributed by atoms with E-state index in [1.165, 1.54) is 16.7 Å². The summed E-state index contributed by atoms with van der Waals surface area (Å²) < 4.78 is 42.5. The number of fused-ring (bicyclic) bond motifs is 1.